The lowest BCUT2D eigenvalue weighted by Gasteiger charge is -2.22. The fourth-order valence-corrected chi connectivity index (χ4v) is 3.41. The zero-order valence-electron chi connectivity index (χ0n) is 16.2. The van der Waals surface area contributed by atoms with Crippen molar-refractivity contribution in [2.24, 2.45) is 0 Å². The number of carbonyl (C=O) groups is 2. The number of benzene rings is 2. The molecule has 0 aromatic heterocycles. The summed E-state index contributed by atoms with van der Waals surface area (Å²) in [5.41, 5.74) is 1.73. The highest BCUT2D eigenvalue weighted by atomic mass is 19.1. The SMILES string of the molecule is COc1ccc(F)cc1/C(O)=C1\C(=O)C(=O)N(C)C1c1ccc(C(C)C)cc1. The minimum atomic E-state index is -0.816. The van der Waals surface area contributed by atoms with Crippen molar-refractivity contribution in [3.05, 3.63) is 70.5 Å². The molecule has 0 radical (unpaired) electrons. The Hall–Kier alpha value is -3.15. The number of rotatable bonds is 4. The maximum atomic E-state index is 13.8. The molecule has 0 spiro atoms. The van der Waals surface area contributed by atoms with Crippen molar-refractivity contribution in [3.63, 3.8) is 0 Å². The molecule has 1 amide bonds. The predicted octanol–water partition coefficient (Wildman–Crippen LogP) is 4.01. The fourth-order valence-electron chi connectivity index (χ4n) is 3.41. The molecule has 2 aromatic rings. The lowest BCUT2D eigenvalue weighted by molar-refractivity contribution is -0.139. The van der Waals surface area contributed by atoms with E-state index in [1.807, 2.05) is 24.3 Å². The Morgan fingerprint density at radius 3 is 2.36 bits per heavy atom. The van der Waals surface area contributed by atoms with Crippen LogP contribution in [0.15, 0.2) is 48.0 Å². The van der Waals surface area contributed by atoms with E-state index in [0.29, 0.717) is 11.5 Å². The number of Topliss-reactive ketones (excluding diaryl/α,β-unsaturated/α-hetero) is 1. The molecule has 3 rings (SSSR count). The Kier molecular flexibility index (Phi) is 5.23. The van der Waals surface area contributed by atoms with Crippen LogP contribution < -0.4 is 4.74 Å². The molecule has 6 heteroatoms. The predicted molar refractivity (Wildman–Crippen MR) is 104 cm³/mol. The number of amides is 1. The van der Waals surface area contributed by atoms with Gasteiger partial charge in [0.15, 0.2) is 0 Å². The Morgan fingerprint density at radius 1 is 1.14 bits per heavy atom. The number of methoxy groups -OCH3 is 1. The molecule has 1 fully saturated rings. The minimum absolute atomic E-state index is 0.0257. The molecule has 1 heterocycles. The maximum Gasteiger partial charge on any atom is 0.295 e. The number of ether oxygens (including phenoxy) is 1. The van der Waals surface area contributed by atoms with Crippen molar-refractivity contribution in [2.45, 2.75) is 25.8 Å². The first-order chi connectivity index (χ1) is 13.3. The van der Waals surface area contributed by atoms with Gasteiger partial charge in [0.05, 0.1) is 24.3 Å². The molecule has 146 valence electrons. The molecule has 2 aromatic carbocycles. The standard InChI is InChI=1S/C22H22FNO4/c1-12(2)13-5-7-14(8-6-13)19-18(21(26)22(27)24(19)3)20(25)16-11-15(23)9-10-17(16)28-4/h5-12,19,25H,1-4H3/b20-18+. The van der Waals surface area contributed by atoms with Gasteiger partial charge >= 0.3 is 0 Å². The van der Waals surface area contributed by atoms with Gasteiger partial charge in [-0.1, -0.05) is 38.1 Å². The van der Waals surface area contributed by atoms with Gasteiger partial charge in [0, 0.05) is 7.05 Å². The van der Waals surface area contributed by atoms with Gasteiger partial charge in [-0.15, -0.1) is 0 Å². The first kappa shape index (κ1) is 19.6. The Bertz CT molecular complexity index is 963. The van der Waals surface area contributed by atoms with E-state index in [1.54, 1.807) is 0 Å². The molecule has 1 aliphatic rings. The highest BCUT2D eigenvalue weighted by Gasteiger charge is 2.44. The Balaban J connectivity index is 2.18. The van der Waals surface area contributed by atoms with Crippen LogP contribution in [0.1, 0.15) is 42.5 Å². The van der Waals surface area contributed by atoms with Crippen LogP contribution in [0.5, 0.6) is 5.75 Å². The number of ketones is 1. The van der Waals surface area contributed by atoms with Crippen molar-refractivity contribution in [3.8, 4) is 5.75 Å². The number of aliphatic hydroxyl groups is 1. The normalized spacial score (nSPS) is 18.8. The topological polar surface area (TPSA) is 66.8 Å². The van der Waals surface area contributed by atoms with E-state index in [1.165, 1.54) is 31.2 Å². The van der Waals surface area contributed by atoms with Gasteiger partial charge in [0.25, 0.3) is 11.7 Å². The van der Waals surface area contributed by atoms with Crippen molar-refractivity contribution < 1.29 is 23.8 Å². The number of likely N-dealkylation sites (N-methyl/N-ethyl adjacent to an activating group) is 1. The molecule has 1 unspecified atom stereocenters. The van der Waals surface area contributed by atoms with E-state index >= 15 is 0 Å². The van der Waals surface area contributed by atoms with Crippen LogP contribution in [0, 0.1) is 5.82 Å². The van der Waals surface area contributed by atoms with Crippen LogP contribution in [0.2, 0.25) is 0 Å². The number of likely N-dealkylation sites (tertiary alicyclic amines) is 1. The number of aliphatic hydroxyl groups excluding tert-OH is 1. The molecule has 5 nitrogen and oxygen atoms in total. The third-order valence-corrected chi connectivity index (χ3v) is 5.01. The van der Waals surface area contributed by atoms with Crippen molar-refractivity contribution >= 4 is 17.4 Å². The monoisotopic (exact) mass is 383 g/mol. The molecular weight excluding hydrogens is 361 g/mol. The molecule has 1 N–H and O–H groups in total. The Morgan fingerprint density at radius 2 is 1.79 bits per heavy atom. The van der Waals surface area contributed by atoms with Gasteiger partial charge in [0.2, 0.25) is 0 Å². The van der Waals surface area contributed by atoms with Gasteiger partial charge in [-0.2, -0.15) is 0 Å². The highest BCUT2D eigenvalue weighted by Crippen LogP contribution is 2.40. The van der Waals surface area contributed by atoms with Crippen LogP contribution in [-0.4, -0.2) is 35.9 Å². The van der Waals surface area contributed by atoms with Crippen molar-refractivity contribution in [2.75, 3.05) is 14.2 Å². The quantitative estimate of drug-likeness (QED) is 0.492. The lowest BCUT2D eigenvalue weighted by Crippen LogP contribution is -2.24. The number of hydrogen-bond acceptors (Lipinski definition) is 4. The number of nitrogens with zero attached hydrogens (tertiary/aromatic N) is 1. The van der Waals surface area contributed by atoms with E-state index in [9.17, 15) is 19.1 Å². The van der Waals surface area contributed by atoms with E-state index in [4.69, 9.17) is 4.74 Å². The smallest absolute Gasteiger partial charge is 0.295 e. The number of carbonyl (C=O) groups excluding carboxylic acids is 2. The third-order valence-electron chi connectivity index (χ3n) is 5.01. The average Bonchev–Trinajstić information content (AvgIpc) is 2.91. The van der Waals surface area contributed by atoms with Crippen LogP contribution in [0.25, 0.3) is 5.76 Å². The molecule has 0 saturated carbocycles. The number of halogens is 1. The first-order valence-corrected chi connectivity index (χ1v) is 8.94. The van der Waals surface area contributed by atoms with E-state index in [2.05, 4.69) is 13.8 Å². The van der Waals surface area contributed by atoms with Crippen LogP contribution in [0.3, 0.4) is 0 Å². The maximum absolute atomic E-state index is 13.8. The van der Waals surface area contributed by atoms with Gasteiger partial charge in [-0.05, 0) is 35.2 Å². The Labute approximate surface area is 163 Å². The van der Waals surface area contributed by atoms with Crippen LogP contribution in [0.4, 0.5) is 4.39 Å². The largest absolute Gasteiger partial charge is 0.507 e. The summed E-state index contributed by atoms with van der Waals surface area (Å²) in [6.07, 6.45) is 0. The van der Waals surface area contributed by atoms with E-state index in [-0.39, 0.29) is 16.9 Å². The lowest BCUT2D eigenvalue weighted by atomic mass is 9.93. The molecule has 0 bridgehead atoms. The van der Waals surface area contributed by atoms with Crippen molar-refractivity contribution in [1.29, 1.82) is 0 Å². The summed E-state index contributed by atoms with van der Waals surface area (Å²) in [5.74, 6) is -2.06. The van der Waals surface area contributed by atoms with Crippen molar-refractivity contribution in [1.82, 2.24) is 4.90 Å². The van der Waals surface area contributed by atoms with E-state index in [0.717, 1.165) is 11.6 Å². The van der Waals surface area contributed by atoms with Crippen LogP contribution in [-0.2, 0) is 9.59 Å². The summed E-state index contributed by atoms with van der Waals surface area (Å²) in [7, 11) is 2.88. The summed E-state index contributed by atoms with van der Waals surface area (Å²) >= 11 is 0. The van der Waals surface area contributed by atoms with E-state index < -0.39 is 29.3 Å². The second-order valence-electron chi connectivity index (χ2n) is 7.08. The molecular formula is C22H22FNO4. The fraction of sp³-hybridized carbons (Fsp3) is 0.273. The molecule has 1 aliphatic heterocycles. The molecule has 28 heavy (non-hydrogen) atoms. The average molecular weight is 383 g/mol. The minimum Gasteiger partial charge on any atom is -0.507 e. The summed E-state index contributed by atoms with van der Waals surface area (Å²) in [4.78, 5) is 26.3. The summed E-state index contributed by atoms with van der Waals surface area (Å²) in [5, 5.41) is 10.9. The molecule has 0 aliphatic carbocycles. The van der Waals surface area contributed by atoms with Crippen LogP contribution >= 0.6 is 0 Å². The first-order valence-electron chi connectivity index (χ1n) is 8.94. The van der Waals surface area contributed by atoms with Gasteiger partial charge in [-0.3, -0.25) is 9.59 Å². The second-order valence-corrected chi connectivity index (χ2v) is 7.08. The number of hydrogen-bond donors (Lipinski definition) is 1. The zero-order chi connectivity index (χ0) is 20.6. The van der Waals surface area contributed by atoms with Gasteiger partial charge in [0.1, 0.15) is 17.3 Å². The summed E-state index contributed by atoms with van der Waals surface area (Å²) in [6.45, 7) is 4.13. The molecule has 1 atom stereocenters. The van der Waals surface area contributed by atoms with Gasteiger partial charge < -0.3 is 14.7 Å². The zero-order valence-corrected chi connectivity index (χ0v) is 16.2. The summed E-state index contributed by atoms with van der Waals surface area (Å²) in [6, 6.07) is 10.4. The highest BCUT2D eigenvalue weighted by molar-refractivity contribution is 6.46. The molecule has 1 saturated heterocycles. The summed E-state index contributed by atoms with van der Waals surface area (Å²) < 4.78 is 19.0. The third kappa shape index (κ3) is 3.26. The van der Waals surface area contributed by atoms with Gasteiger partial charge in [-0.25, -0.2) is 4.39 Å². The second kappa shape index (κ2) is 7.46.